The van der Waals surface area contributed by atoms with Crippen molar-refractivity contribution in [2.45, 2.75) is 31.1 Å². The molecule has 0 spiro atoms. The summed E-state index contributed by atoms with van der Waals surface area (Å²) < 4.78 is 0. The van der Waals surface area contributed by atoms with Crippen LogP contribution in [0.4, 0.5) is 10.5 Å². The molecule has 2 aromatic carbocycles. The summed E-state index contributed by atoms with van der Waals surface area (Å²) in [4.78, 5) is 27.2. The number of benzene rings is 2. The first kappa shape index (κ1) is 20.0. The third-order valence-electron chi connectivity index (χ3n) is 4.33. The molecule has 1 N–H and O–H groups in total. The molecule has 2 atom stereocenters. The molecule has 4 nitrogen and oxygen atoms in total. The second kappa shape index (κ2) is 9.43. The maximum Gasteiger partial charge on any atom is 0.285 e. The molecule has 26 heavy (non-hydrogen) atoms. The number of nitrogens with one attached hydrogen (secondary N) is 1. The van der Waals surface area contributed by atoms with Crippen molar-refractivity contribution in [2.75, 3.05) is 19.4 Å². The van der Waals surface area contributed by atoms with Gasteiger partial charge in [-0.15, -0.1) is 0 Å². The number of thioether (sulfide) groups is 1. The van der Waals surface area contributed by atoms with Gasteiger partial charge in [0.15, 0.2) is 0 Å². The summed E-state index contributed by atoms with van der Waals surface area (Å²) in [5.41, 5.74) is 1.73. The van der Waals surface area contributed by atoms with Gasteiger partial charge in [-0.05, 0) is 41.4 Å². The molecule has 0 heterocycles. The average molecular weight is 371 g/mol. The normalized spacial score (nSPS) is 12.9. The van der Waals surface area contributed by atoms with Crippen LogP contribution in [0.1, 0.15) is 31.7 Å². The Hall–Kier alpha value is -2.27. The fourth-order valence-electron chi connectivity index (χ4n) is 2.68. The smallest absolute Gasteiger partial charge is 0.285 e. The predicted molar refractivity (Wildman–Crippen MR) is 109 cm³/mol. The molecule has 0 fully saturated rings. The highest BCUT2D eigenvalue weighted by Crippen LogP contribution is 2.29. The molecule has 0 saturated carbocycles. The quantitative estimate of drug-likeness (QED) is 0.709. The van der Waals surface area contributed by atoms with E-state index in [0.717, 1.165) is 28.6 Å². The molecule has 0 aliphatic rings. The van der Waals surface area contributed by atoms with Crippen LogP contribution in [0.3, 0.4) is 0 Å². The van der Waals surface area contributed by atoms with E-state index >= 15 is 0 Å². The van der Waals surface area contributed by atoms with Crippen molar-refractivity contribution in [2.24, 2.45) is 5.92 Å². The summed E-state index contributed by atoms with van der Waals surface area (Å²) in [5, 5.41) is 2.98. The van der Waals surface area contributed by atoms with E-state index in [2.05, 4.69) is 19.2 Å². The van der Waals surface area contributed by atoms with Crippen LogP contribution in [0.5, 0.6) is 0 Å². The molecule has 2 aromatic rings. The molecule has 0 bridgehead atoms. The Balaban J connectivity index is 2.17. The van der Waals surface area contributed by atoms with Gasteiger partial charge in [-0.2, -0.15) is 0 Å². The van der Waals surface area contributed by atoms with Gasteiger partial charge in [0.05, 0.1) is 5.92 Å². The lowest BCUT2D eigenvalue weighted by atomic mass is 9.85. The minimum absolute atomic E-state index is 0.0216. The third-order valence-corrected chi connectivity index (χ3v) is 5.36. The topological polar surface area (TPSA) is 49.4 Å². The Kier molecular flexibility index (Phi) is 7.27. The monoisotopic (exact) mass is 370 g/mol. The lowest BCUT2D eigenvalue weighted by Gasteiger charge is -2.23. The minimum atomic E-state index is -0.207. The van der Waals surface area contributed by atoms with Crippen molar-refractivity contribution in [1.82, 2.24) is 4.90 Å². The maximum absolute atomic E-state index is 13.0. The second-order valence-corrected chi connectivity index (χ2v) is 7.58. The van der Waals surface area contributed by atoms with E-state index in [1.165, 1.54) is 4.90 Å². The van der Waals surface area contributed by atoms with Gasteiger partial charge < -0.3 is 10.2 Å². The Labute approximate surface area is 160 Å². The molecule has 0 aromatic heterocycles. The van der Waals surface area contributed by atoms with Crippen LogP contribution in [0.25, 0.3) is 0 Å². The standard InChI is InChI=1S/C21H26N2O2S/c1-5-15(2)19(16-10-7-6-8-11-16)20(24)22-17-12-9-13-18(14-17)26-21(25)23(3)4/h6-15,19H,5H2,1-4H3,(H,22,24). The summed E-state index contributed by atoms with van der Waals surface area (Å²) in [7, 11) is 3.44. The maximum atomic E-state index is 13.0. The van der Waals surface area contributed by atoms with Crippen molar-refractivity contribution < 1.29 is 9.59 Å². The molecule has 2 unspecified atom stereocenters. The van der Waals surface area contributed by atoms with Crippen molar-refractivity contribution in [1.29, 1.82) is 0 Å². The number of anilines is 1. The van der Waals surface area contributed by atoms with Crippen molar-refractivity contribution >= 4 is 28.6 Å². The van der Waals surface area contributed by atoms with Crippen LogP contribution in [0.2, 0.25) is 0 Å². The van der Waals surface area contributed by atoms with E-state index in [-0.39, 0.29) is 23.0 Å². The van der Waals surface area contributed by atoms with Gasteiger partial charge in [0.25, 0.3) is 5.24 Å². The van der Waals surface area contributed by atoms with Gasteiger partial charge in [0, 0.05) is 24.7 Å². The zero-order chi connectivity index (χ0) is 19.1. The van der Waals surface area contributed by atoms with Gasteiger partial charge in [-0.3, -0.25) is 9.59 Å². The summed E-state index contributed by atoms with van der Waals surface area (Å²) >= 11 is 1.14. The summed E-state index contributed by atoms with van der Waals surface area (Å²) in [6.45, 7) is 4.19. The van der Waals surface area contributed by atoms with E-state index in [9.17, 15) is 9.59 Å². The van der Waals surface area contributed by atoms with Crippen molar-refractivity contribution in [3.05, 3.63) is 60.2 Å². The SMILES string of the molecule is CCC(C)C(C(=O)Nc1cccc(SC(=O)N(C)C)c1)c1ccccc1. The largest absolute Gasteiger partial charge is 0.339 e. The fraction of sp³-hybridized carbons (Fsp3) is 0.333. The van der Waals surface area contributed by atoms with Gasteiger partial charge in [0.1, 0.15) is 0 Å². The molecule has 0 saturated heterocycles. The second-order valence-electron chi connectivity index (χ2n) is 6.55. The Morgan fingerprint density at radius 1 is 1.08 bits per heavy atom. The van der Waals surface area contributed by atoms with Crippen LogP contribution in [-0.4, -0.2) is 30.1 Å². The third kappa shape index (κ3) is 5.36. The van der Waals surface area contributed by atoms with Crippen molar-refractivity contribution in [3.8, 4) is 0 Å². The highest BCUT2D eigenvalue weighted by atomic mass is 32.2. The first-order valence-electron chi connectivity index (χ1n) is 8.77. The lowest BCUT2D eigenvalue weighted by molar-refractivity contribution is -0.118. The lowest BCUT2D eigenvalue weighted by Crippen LogP contribution is -2.26. The Bertz CT molecular complexity index is 747. The number of hydrogen-bond donors (Lipinski definition) is 1. The summed E-state index contributed by atoms with van der Waals surface area (Å²) in [5.74, 6) is -0.00201. The molecule has 2 amide bonds. The van der Waals surface area contributed by atoms with Crippen molar-refractivity contribution in [3.63, 3.8) is 0 Å². The fourth-order valence-corrected chi connectivity index (χ4v) is 3.40. The molecule has 5 heteroatoms. The number of rotatable bonds is 6. The Morgan fingerprint density at radius 3 is 2.38 bits per heavy atom. The molecule has 138 valence electrons. The molecular weight excluding hydrogens is 344 g/mol. The number of carbonyl (C=O) groups is 2. The highest BCUT2D eigenvalue weighted by Gasteiger charge is 2.25. The Morgan fingerprint density at radius 2 is 1.77 bits per heavy atom. The van der Waals surface area contributed by atoms with Crippen LogP contribution >= 0.6 is 11.8 Å². The number of nitrogens with zero attached hydrogens (tertiary/aromatic N) is 1. The molecule has 0 radical (unpaired) electrons. The number of amides is 2. The zero-order valence-corrected chi connectivity index (χ0v) is 16.5. The molecule has 2 rings (SSSR count). The van der Waals surface area contributed by atoms with Gasteiger partial charge >= 0.3 is 0 Å². The first-order chi connectivity index (χ1) is 12.4. The van der Waals surface area contributed by atoms with E-state index in [4.69, 9.17) is 0 Å². The zero-order valence-electron chi connectivity index (χ0n) is 15.7. The predicted octanol–water partition coefficient (Wildman–Crippen LogP) is 5.23. The van der Waals surface area contributed by atoms with Gasteiger partial charge in [-0.1, -0.05) is 56.7 Å². The van der Waals surface area contributed by atoms with Crippen LogP contribution in [-0.2, 0) is 4.79 Å². The van der Waals surface area contributed by atoms with Crippen LogP contribution < -0.4 is 5.32 Å². The molecule has 0 aliphatic heterocycles. The van der Waals surface area contributed by atoms with E-state index in [1.807, 2.05) is 54.6 Å². The average Bonchev–Trinajstić information content (AvgIpc) is 2.62. The minimum Gasteiger partial charge on any atom is -0.339 e. The number of hydrogen-bond acceptors (Lipinski definition) is 3. The number of carbonyl (C=O) groups excluding carboxylic acids is 2. The summed E-state index contributed by atoms with van der Waals surface area (Å²) in [6.07, 6.45) is 0.917. The van der Waals surface area contributed by atoms with Gasteiger partial charge in [0.2, 0.25) is 5.91 Å². The highest BCUT2D eigenvalue weighted by molar-refractivity contribution is 8.13. The van der Waals surface area contributed by atoms with E-state index in [0.29, 0.717) is 5.69 Å². The van der Waals surface area contributed by atoms with Crippen LogP contribution in [0.15, 0.2) is 59.5 Å². The molecular formula is C21H26N2O2S. The van der Waals surface area contributed by atoms with E-state index < -0.39 is 0 Å². The van der Waals surface area contributed by atoms with E-state index in [1.54, 1.807) is 14.1 Å². The van der Waals surface area contributed by atoms with Gasteiger partial charge in [-0.25, -0.2) is 0 Å². The first-order valence-corrected chi connectivity index (χ1v) is 9.59. The molecule has 0 aliphatic carbocycles. The summed E-state index contributed by atoms with van der Waals surface area (Å²) in [6, 6.07) is 17.3. The van der Waals surface area contributed by atoms with Crippen LogP contribution in [0, 0.1) is 5.92 Å².